The van der Waals surface area contributed by atoms with Crippen molar-refractivity contribution in [1.29, 1.82) is 0 Å². The number of hydrogen-bond acceptors (Lipinski definition) is 4. The van der Waals surface area contributed by atoms with Crippen molar-refractivity contribution >= 4 is 33.0 Å². The largest absolute Gasteiger partial charge is 0.327 e. The lowest BCUT2D eigenvalue weighted by molar-refractivity contribution is 0.0998. The van der Waals surface area contributed by atoms with Gasteiger partial charge in [-0.15, -0.1) is 11.3 Å². The first-order chi connectivity index (χ1) is 10.5. The quantitative estimate of drug-likeness (QED) is 0.831. The Balaban J connectivity index is 1.95. The first-order valence-electron chi connectivity index (χ1n) is 6.77. The minimum atomic E-state index is -3.25. The number of benzene rings is 1. The van der Waals surface area contributed by atoms with E-state index in [2.05, 4.69) is 4.99 Å². The lowest BCUT2D eigenvalue weighted by Crippen LogP contribution is -2.25. The number of amides is 1. The molecule has 1 amide bonds. The molecule has 1 aliphatic rings. The summed E-state index contributed by atoms with van der Waals surface area (Å²) >= 11 is 1.37. The number of rotatable bonds is 2. The van der Waals surface area contributed by atoms with E-state index in [9.17, 15) is 13.2 Å². The van der Waals surface area contributed by atoms with Crippen LogP contribution in [0.4, 0.5) is 5.69 Å². The van der Waals surface area contributed by atoms with Crippen LogP contribution in [0.3, 0.4) is 0 Å². The van der Waals surface area contributed by atoms with Gasteiger partial charge in [0.25, 0.3) is 5.91 Å². The summed E-state index contributed by atoms with van der Waals surface area (Å²) in [4.78, 5) is 16.9. The number of sulfonamides is 1. The molecule has 1 fully saturated rings. The van der Waals surface area contributed by atoms with Crippen LogP contribution in [-0.2, 0) is 17.1 Å². The van der Waals surface area contributed by atoms with E-state index in [-0.39, 0.29) is 11.7 Å². The Morgan fingerprint density at radius 1 is 1.36 bits per heavy atom. The number of aryl methyl sites for hydroxylation is 1. The van der Waals surface area contributed by atoms with Gasteiger partial charge in [0.1, 0.15) is 0 Å². The van der Waals surface area contributed by atoms with Crippen LogP contribution < -0.4 is 9.11 Å². The average molecular weight is 337 g/mol. The van der Waals surface area contributed by atoms with Gasteiger partial charge in [0.15, 0.2) is 4.80 Å². The number of nitrogens with zero attached hydrogens (tertiary/aromatic N) is 3. The van der Waals surface area contributed by atoms with Crippen molar-refractivity contribution in [2.75, 3.05) is 16.6 Å². The lowest BCUT2D eigenvalue weighted by atomic mass is 10.2. The minimum Gasteiger partial charge on any atom is -0.327 e. The second-order valence-corrected chi connectivity index (χ2v) is 7.89. The van der Waals surface area contributed by atoms with E-state index in [0.717, 1.165) is 0 Å². The second-order valence-electron chi connectivity index (χ2n) is 5.01. The summed E-state index contributed by atoms with van der Waals surface area (Å²) in [5, 5.41) is 1.85. The summed E-state index contributed by atoms with van der Waals surface area (Å²) in [5.41, 5.74) is 0.905. The van der Waals surface area contributed by atoms with Gasteiger partial charge in [-0.25, -0.2) is 8.42 Å². The van der Waals surface area contributed by atoms with Gasteiger partial charge >= 0.3 is 0 Å². The highest BCUT2D eigenvalue weighted by Crippen LogP contribution is 2.24. The molecule has 1 aromatic heterocycles. The third-order valence-corrected chi connectivity index (χ3v) is 6.15. The molecule has 3 rings (SSSR count). The fraction of sp³-hybridized carbons (Fsp3) is 0.286. The van der Waals surface area contributed by atoms with Gasteiger partial charge < -0.3 is 4.57 Å². The number of carbonyl (C=O) groups excluding carboxylic acids is 1. The predicted octanol–water partition coefficient (Wildman–Crippen LogP) is 1.37. The third kappa shape index (κ3) is 2.84. The first kappa shape index (κ1) is 15.0. The normalized spacial score (nSPS) is 17.9. The molecular weight excluding hydrogens is 322 g/mol. The molecule has 0 N–H and O–H groups in total. The van der Waals surface area contributed by atoms with Crippen LogP contribution in [0.2, 0.25) is 0 Å². The SMILES string of the molecule is Cn1ccsc1=NC(=O)c1cccc(N2CCCS2(=O)=O)c1. The smallest absolute Gasteiger partial charge is 0.279 e. The molecule has 1 aliphatic heterocycles. The maximum Gasteiger partial charge on any atom is 0.279 e. The molecule has 22 heavy (non-hydrogen) atoms. The van der Waals surface area contributed by atoms with E-state index in [0.29, 0.717) is 29.0 Å². The van der Waals surface area contributed by atoms with Gasteiger partial charge in [0.2, 0.25) is 10.0 Å². The van der Waals surface area contributed by atoms with Crippen molar-refractivity contribution in [2.24, 2.45) is 12.0 Å². The zero-order valence-electron chi connectivity index (χ0n) is 12.0. The van der Waals surface area contributed by atoms with E-state index < -0.39 is 10.0 Å². The van der Waals surface area contributed by atoms with Crippen LogP contribution in [0.25, 0.3) is 0 Å². The minimum absolute atomic E-state index is 0.153. The Morgan fingerprint density at radius 3 is 2.82 bits per heavy atom. The van der Waals surface area contributed by atoms with Crippen molar-refractivity contribution < 1.29 is 13.2 Å². The Bertz CT molecular complexity index is 880. The number of aromatic nitrogens is 1. The van der Waals surface area contributed by atoms with Crippen LogP contribution in [0.1, 0.15) is 16.8 Å². The highest BCUT2D eigenvalue weighted by atomic mass is 32.2. The molecule has 0 bridgehead atoms. The lowest BCUT2D eigenvalue weighted by Gasteiger charge is -2.17. The molecule has 2 aromatic rings. The molecule has 2 heterocycles. The maximum absolute atomic E-state index is 12.3. The first-order valence-corrected chi connectivity index (χ1v) is 9.26. The van der Waals surface area contributed by atoms with Crippen molar-refractivity contribution in [1.82, 2.24) is 4.57 Å². The summed E-state index contributed by atoms with van der Waals surface area (Å²) in [7, 11) is -1.43. The average Bonchev–Trinajstić information content (AvgIpc) is 3.04. The van der Waals surface area contributed by atoms with Crippen LogP contribution in [0.5, 0.6) is 0 Å². The van der Waals surface area contributed by atoms with Gasteiger partial charge in [0.05, 0.1) is 11.4 Å². The zero-order valence-corrected chi connectivity index (χ0v) is 13.6. The van der Waals surface area contributed by atoms with Crippen LogP contribution in [-0.4, -0.2) is 31.2 Å². The van der Waals surface area contributed by atoms with E-state index >= 15 is 0 Å². The Kier molecular flexibility index (Phi) is 3.88. The van der Waals surface area contributed by atoms with Crippen LogP contribution in [0, 0.1) is 0 Å². The van der Waals surface area contributed by atoms with Gasteiger partial charge in [-0.05, 0) is 24.6 Å². The molecule has 1 aromatic carbocycles. The highest BCUT2D eigenvalue weighted by Gasteiger charge is 2.28. The Labute approximate surface area is 132 Å². The van der Waals surface area contributed by atoms with Crippen LogP contribution in [0.15, 0.2) is 40.8 Å². The number of hydrogen-bond donors (Lipinski definition) is 0. The summed E-state index contributed by atoms with van der Waals surface area (Å²) < 4.78 is 27.0. The molecule has 0 atom stereocenters. The summed E-state index contributed by atoms with van der Waals surface area (Å²) in [6, 6.07) is 6.61. The number of carbonyl (C=O) groups is 1. The van der Waals surface area contributed by atoms with Crippen molar-refractivity contribution in [3.63, 3.8) is 0 Å². The molecule has 0 saturated carbocycles. The third-order valence-electron chi connectivity index (χ3n) is 3.44. The number of thiazole rings is 1. The number of anilines is 1. The fourth-order valence-corrected chi connectivity index (χ4v) is 4.59. The van der Waals surface area contributed by atoms with Gasteiger partial charge in [-0.1, -0.05) is 6.07 Å². The van der Waals surface area contributed by atoms with Crippen LogP contribution >= 0.6 is 11.3 Å². The second kappa shape index (κ2) is 5.69. The maximum atomic E-state index is 12.3. The highest BCUT2D eigenvalue weighted by molar-refractivity contribution is 7.93. The molecule has 116 valence electrons. The summed E-state index contributed by atoms with van der Waals surface area (Å²) in [6.45, 7) is 0.455. The molecule has 0 unspecified atom stereocenters. The van der Waals surface area contributed by atoms with Crippen molar-refractivity contribution in [3.05, 3.63) is 46.2 Å². The van der Waals surface area contributed by atoms with Crippen molar-refractivity contribution in [2.45, 2.75) is 6.42 Å². The fourth-order valence-electron chi connectivity index (χ4n) is 2.31. The van der Waals surface area contributed by atoms with E-state index in [1.807, 2.05) is 18.6 Å². The molecule has 1 saturated heterocycles. The van der Waals surface area contributed by atoms with Crippen molar-refractivity contribution in [3.8, 4) is 0 Å². The zero-order chi connectivity index (χ0) is 15.7. The molecule has 6 nitrogen and oxygen atoms in total. The molecule has 0 aliphatic carbocycles. The summed E-state index contributed by atoms with van der Waals surface area (Å²) in [6.07, 6.45) is 2.43. The molecule has 0 radical (unpaired) electrons. The molecule has 0 spiro atoms. The topological polar surface area (TPSA) is 71.7 Å². The van der Waals surface area contributed by atoms with Gasteiger partial charge in [-0.2, -0.15) is 4.99 Å². The van der Waals surface area contributed by atoms with Gasteiger partial charge in [0, 0.05) is 30.7 Å². The monoisotopic (exact) mass is 337 g/mol. The Hall–Kier alpha value is -1.93. The predicted molar refractivity (Wildman–Crippen MR) is 85.4 cm³/mol. The summed E-state index contributed by atoms with van der Waals surface area (Å²) in [5.74, 6) is -0.225. The Morgan fingerprint density at radius 2 is 2.18 bits per heavy atom. The van der Waals surface area contributed by atoms with E-state index in [1.165, 1.54) is 15.6 Å². The van der Waals surface area contributed by atoms with E-state index in [1.54, 1.807) is 28.8 Å². The molecular formula is C14H15N3O3S2. The van der Waals surface area contributed by atoms with Gasteiger partial charge in [-0.3, -0.25) is 9.10 Å². The molecule has 8 heteroatoms. The van der Waals surface area contributed by atoms with E-state index in [4.69, 9.17) is 0 Å². The standard InChI is InChI=1S/C14H15N3O3S2/c1-16-7-8-21-14(16)15-13(18)11-4-2-5-12(10-11)17-6-3-9-22(17,19)20/h2,4-5,7-8,10H,3,6,9H2,1H3.